The molecule has 8 bridgehead atoms. The molecule has 0 spiro atoms. The number of pyridine rings is 2. The van der Waals surface area contributed by atoms with Crippen LogP contribution in [0.15, 0.2) is 109 Å². The van der Waals surface area contributed by atoms with Crippen molar-refractivity contribution in [2.75, 3.05) is 10.6 Å². The summed E-state index contributed by atoms with van der Waals surface area (Å²) in [6.07, 6.45) is 4.23. The number of fused-ring (bicyclic) bond motifs is 2. The Morgan fingerprint density at radius 3 is 1.48 bits per heavy atom. The number of hydrogen-bond donors (Lipinski definition) is 3. The quantitative estimate of drug-likeness (QED) is 0.154. The Hall–Kier alpha value is -2.71. The summed E-state index contributed by atoms with van der Waals surface area (Å²) in [4.78, 5) is 0. The highest BCUT2D eigenvalue weighted by atomic mass is 127. The molecule has 0 fully saturated rings. The molecule has 3 N–H and O–H groups in total. The zero-order chi connectivity index (χ0) is 27.1. The summed E-state index contributed by atoms with van der Waals surface area (Å²) in [7, 11) is 0. The van der Waals surface area contributed by atoms with Crippen molar-refractivity contribution in [2.45, 2.75) is 26.2 Å². The Bertz CT molecular complexity index is 1760. The molecule has 0 saturated heterocycles. The van der Waals surface area contributed by atoms with Crippen molar-refractivity contribution in [1.82, 2.24) is 0 Å². The molecule has 8 heteroatoms. The fraction of sp³-hybridized carbons (Fsp3) is 0.118. The number of aromatic hydroxyl groups is 1. The fourth-order valence-corrected chi connectivity index (χ4v) is 6.40. The van der Waals surface area contributed by atoms with Crippen LogP contribution in [-0.4, -0.2) is 5.11 Å². The Kier molecular flexibility index (Phi) is 9.73. The van der Waals surface area contributed by atoms with E-state index < -0.39 is 0 Å². The molecule has 0 radical (unpaired) electrons. The second-order valence-corrected chi connectivity index (χ2v) is 11.6. The van der Waals surface area contributed by atoms with Gasteiger partial charge < -0.3 is 63.7 Å². The van der Waals surface area contributed by atoms with E-state index in [1.54, 1.807) is 0 Å². The standard InChI is InChI=1S/C34H27IN4O.2HI/c35-27-17-25-21-38-15-13-30(28-5-1-3-7-32(28)38)36-19-23-9-11-24(12-10-23)20-37-31-14-16-39(22-26(18-27)34(25)40)33-8-4-2-6-29(31)33;;/h1-18,40H,19-22H2;2*1H. The van der Waals surface area contributed by atoms with Crippen LogP contribution in [0.2, 0.25) is 0 Å². The van der Waals surface area contributed by atoms with Crippen molar-refractivity contribution in [3.05, 3.63) is 135 Å². The highest BCUT2D eigenvalue weighted by Gasteiger charge is 2.21. The molecule has 0 amide bonds. The molecular weight excluding hydrogens is 861 g/mol. The van der Waals surface area contributed by atoms with E-state index >= 15 is 0 Å². The number of rotatable bonds is 0. The van der Waals surface area contributed by atoms with Crippen molar-refractivity contribution in [1.29, 1.82) is 0 Å². The van der Waals surface area contributed by atoms with Crippen LogP contribution >= 0.6 is 22.6 Å². The van der Waals surface area contributed by atoms with Gasteiger partial charge in [0.25, 0.3) is 0 Å². The summed E-state index contributed by atoms with van der Waals surface area (Å²) in [6.45, 7) is 2.64. The molecule has 6 aromatic rings. The molecular formula is C34H29I3N4O. The first-order chi connectivity index (χ1) is 19.6. The molecule has 2 aromatic heterocycles. The Labute approximate surface area is 293 Å². The van der Waals surface area contributed by atoms with Gasteiger partial charge in [0.05, 0.1) is 33.3 Å². The van der Waals surface area contributed by atoms with Gasteiger partial charge in [-0.1, -0.05) is 48.5 Å². The third kappa shape index (κ3) is 6.16. The lowest BCUT2D eigenvalue weighted by Gasteiger charge is -2.12. The zero-order valence-electron chi connectivity index (χ0n) is 22.7. The first kappa shape index (κ1) is 30.7. The van der Waals surface area contributed by atoms with Crippen LogP contribution in [0.5, 0.6) is 5.75 Å². The molecule has 5 heterocycles. The second-order valence-electron chi connectivity index (χ2n) is 10.3. The van der Waals surface area contributed by atoms with Crippen molar-refractivity contribution in [3.8, 4) is 5.75 Å². The van der Waals surface area contributed by atoms with E-state index in [1.165, 1.54) is 11.1 Å². The molecule has 5 nitrogen and oxygen atoms in total. The van der Waals surface area contributed by atoms with E-state index in [9.17, 15) is 5.11 Å². The first-order valence-corrected chi connectivity index (χ1v) is 14.6. The van der Waals surface area contributed by atoms with E-state index in [2.05, 4.69) is 152 Å². The summed E-state index contributed by atoms with van der Waals surface area (Å²) in [5.41, 5.74) is 8.72. The van der Waals surface area contributed by atoms with Gasteiger partial charge in [-0.3, -0.25) is 0 Å². The minimum Gasteiger partial charge on any atom is -1.00 e. The zero-order valence-corrected chi connectivity index (χ0v) is 29.2. The Morgan fingerprint density at radius 2 is 1.02 bits per heavy atom. The molecule has 9 rings (SSSR count). The number of aromatic nitrogens is 2. The highest BCUT2D eigenvalue weighted by molar-refractivity contribution is 14.1. The normalized spacial score (nSPS) is 12.6. The number of benzene rings is 4. The lowest BCUT2D eigenvalue weighted by atomic mass is 10.1. The smallest absolute Gasteiger partial charge is 0.214 e. The average Bonchev–Trinajstić information content (AvgIpc) is 2.99. The van der Waals surface area contributed by atoms with Gasteiger partial charge in [-0.05, 0) is 58.0 Å². The van der Waals surface area contributed by atoms with E-state index in [-0.39, 0.29) is 48.0 Å². The summed E-state index contributed by atoms with van der Waals surface area (Å²) in [5.74, 6) is 0.352. The number of anilines is 2. The Morgan fingerprint density at radius 1 is 0.595 bits per heavy atom. The molecule has 42 heavy (non-hydrogen) atoms. The minimum atomic E-state index is 0. The van der Waals surface area contributed by atoms with Crippen molar-refractivity contribution in [2.24, 2.45) is 0 Å². The van der Waals surface area contributed by atoms with Crippen LogP contribution in [0.25, 0.3) is 21.8 Å². The molecule has 0 atom stereocenters. The summed E-state index contributed by atoms with van der Waals surface area (Å²) in [6, 6.07) is 34.2. The predicted molar refractivity (Wildman–Crippen MR) is 168 cm³/mol. The number of nitrogens with one attached hydrogen (secondary N) is 2. The second kappa shape index (κ2) is 13.3. The van der Waals surface area contributed by atoms with Gasteiger partial charge in [-0.25, -0.2) is 0 Å². The van der Waals surface area contributed by atoms with Crippen LogP contribution in [0, 0.1) is 3.57 Å². The maximum Gasteiger partial charge on any atom is 0.214 e. The molecule has 0 aliphatic carbocycles. The molecule has 0 unspecified atom stereocenters. The van der Waals surface area contributed by atoms with Crippen LogP contribution in [0.3, 0.4) is 0 Å². The van der Waals surface area contributed by atoms with Crippen molar-refractivity contribution < 1.29 is 62.2 Å². The first-order valence-electron chi connectivity index (χ1n) is 13.5. The predicted octanol–water partition coefficient (Wildman–Crippen LogP) is 0.520. The maximum atomic E-state index is 11.5. The topological polar surface area (TPSA) is 52.1 Å². The summed E-state index contributed by atoms with van der Waals surface area (Å²) < 4.78 is 5.54. The van der Waals surface area contributed by atoms with Crippen LogP contribution in [0.4, 0.5) is 11.4 Å². The molecule has 212 valence electrons. The van der Waals surface area contributed by atoms with E-state index in [0.717, 1.165) is 61.0 Å². The lowest BCUT2D eigenvalue weighted by molar-refractivity contribution is -0.663. The summed E-state index contributed by atoms with van der Waals surface area (Å²) >= 11 is 2.36. The van der Waals surface area contributed by atoms with Crippen molar-refractivity contribution >= 4 is 55.8 Å². The van der Waals surface area contributed by atoms with Gasteiger partial charge in [0, 0.05) is 40.9 Å². The van der Waals surface area contributed by atoms with E-state index in [0.29, 0.717) is 18.8 Å². The lowest BCUT2D eigenvalue weighted by Crippen LogP contribution is -3.00. The van der Waals surface area contributed by atoms with Gasteiger partial charge in [-0.2, -0.15) is 9.13 Å². The average molecular weight is 890 g/mol. The van der Waals surface area contributed by atoms with Gasteiger partial charge >= 0.3 is 0 Å². The highest BCUT2D eigenvalue weighted by Crippen LogP contribution is 2.28. The van der Waals surface area contributed by atoms with Gasteiger partial charge in [-0.15, -0.1) is 0 Å². The van der Waals surface area contributed by atoms with Crippen LogP contribution in [-0.2, 0) is 26.2 Å². The van der Waals surface area contributed by atoms with E-state index in [4.69, 9.17) is 0 Å². The van der Waals surface area contributed by atoms with E-state index in [1.807, 2.05) is 0 Å². The van der Waals surface area contributed by atoms with Gasteiger partial charge in [0.15, 0.2) is 25.5 Å². The maximum absolute atomic E-state index is 11.5. The summed E-state index contributed by atoms with van der Waals surface area (Å²) in [5, 5.41) is 21.1. The molecule has 3 aliphatic rings. The van der Waals surface area contributed by atoms with Crippen molar-refractivity contribution in [3.63, 3.8) is 0 Å². The molecule has 3 aliphatic heterocycles. The minimum absolute atomic E-state index is 0. The number of hydrogen-bond acceptors (Lipinski definition) is 3. The molecule has 4 aromatic carbocycles. The fourth-order valence-electron chi connectivity index (χ4n) is 5.65. The SMILES string of the molecule is Oc1c2cc(I)cc1C[n+]1ccc(c3ccccc31)NCc1ccc(cc1)CNc1cc[n+](c3ccccc13)C2.[I-].[I-]. The number of halogens is 3. The number of para-hydroxylation sites is 2. The largest absolute Gasteiger partial charge is 1.00 e. The Balaban J connectivity index is 0.00000176. The number of nitrogens with zero attached hydrogens (tertiary/aromatic N) is 2. The van der Waals surface area contributed by atoms with Crippen LogP contribution in [0.1, 0.15) is 22.3 Å². The van der Waals surface area contributed by atoms with Gasteiger partial charge in [0.1, 0.15) is 5.75 Å². The monoisotopic (exact) mass is 890 g/mol. The number of phenols is 1. The van der Waals surface area contributed by atoms with Crippen LogP contribution < -0.4 is 67.7 Å². The third-order valence-corrected chi connectivity index (χ3v) is 8.38. The van der Waals surface area contributed by atoms with Gasteiger partial charge in [0.2, 0.25) is 11.0 Å². The third-order valence-electron chi connectivity index (χ3n) is 7.75. The number of phenolic OH excluding ortho intramolecular Hbond substituents is 1. The molecule has 0 saturated carbocycles.